The molecule has 1 aliphatic heterocycles. The number of aryl methyl sites for hydroxylation is 2. The lowest BCUT2D eigenvalue weighted by Crippen LogP contribution is -2.57. The van der Waals surface area contributed by atoms with Crippen LogP contribution in [-0.4, -0.2) is 45.5 Å². The van der Waals surface area contributed by atoms with Crippen molar-refractivity contribution in [3.63, 3.8) is 0 Å². The van der Waals surface area contributed by atoms with Crippen LogP contribution in [0.2, 0.25) is 0 Å². The number of sulfone groups is 1. The average Bonchev–Trinajstić information content (AvgIpc) is 2.44. The van der Waals surface area contributed by atoms with E-state index in [0.29, 0.717) is 25.9 Å². The first kappa shape index (κ1) is 17.0. The Balaban J connectivity index is 2.42. The van der Waals surface area contributed by atoms with Crippen molar-refractivity contribution in [2.45, 2.75) is 31.4 Å². The first-order chi connectivity index (χ1) is 10.2. The predicted octanol–water partition coefficient (Wildman–Crippen LogP) is 1.43. The molecule has 1 N–H and O–H groups in total. The Morgan fingerprint density at radius 3 is 2.09 bits per heavy atom. The third-order valence-electron chi connectivity index (χ3n) is 4.41. The minimum absolute atomic E-state index is 0.319. The van der Waals surface area contributed by atoms with Gasteiger partial charge in [-0.25, -0.2) is 8.42 Å². The van der Waals surface area contributed by atoms with E-state index in [1.165, 1.54) is 11.2 Å². The molecule has 0 radical (unpaired) electrons. The number of piperidine rings is 1. The molecule has 1 heterocycles. The lowest BCUT2D eigenvalue weighted by Gasteiger charge is -2.37. The van der Waals surface area contributed by atoms with E-state index in [1.54, 1.807) is 7.05 Å². The Kier molecular flexibility index (Phi) is 4.63. The number of amides is 1. The zero-order valence-corrected chi connectivity index (χ0v) is 14.5. The molecule has 5 nitrogen and oxygen atoms in total. The molecule has 1 amide bonds. The highest BCUT2D eigenvalue weighted by Gasteiger charge is 2.50. The van der Waals surface area contributed by atoms with Gasteiger partial charge >= 0.3 is 0 Å². The number of carbonyl (C=O) groups excluding carboxylic acids is 1. The van der Waals surface area contributed by atoms with Gasteiger partial charge in [-0.1, -0.05) is 6.07 Å². The van der Waals surface area contributed by atoms with Gasteiger partial charge in [-0.2, -0.15) is 0 Å². The second kappa shape index (κ2) is 6.01. The minimum Gasteiger partial charge on any atom is -0.317 e. The molecule has 0 aromatic heterocycles. The fraction of sp³-hybridized carbons (Fsp3) is 0.562. The molecule has 1 aliphatic rings. The average molecular weight is 324 g/mol. The summed E-state index contributed by atoms with van der Waals surface area (Å²) in [6.07, 6.45) is 1.81. The smallest absolute Gasteiger partial charge is 0.248 e. The van der Waals surface area contributed by atoms with Crippen molar-refractivity contribution >= 4 is 21.4 Å². The second-order valence-electron chi connectivity index (χ2n) is 6.23. The number of carbonyl (C=O) groups is 1. The fourth-order valence-electron chi connectivity index (χ4n) is 3.14. The number of hydrogen-bond acceptors (Lipinski definition) is 4. The predicted molar refractivity (Wildman–Crippen MR) is 89.0 cm³/mol. The monoisotopic (exact) mass is 324 g/mol. The van der Waals surface area contributed by atoms with Gasteiger partial charge in [0.15, 0.2) is 14.6 Å². The van der Waals surface area contributed by atoms with Gasteiger partial charge < -0.3 is 10.2 Å². The Morgan fingerprint density at radius 2 is 1.64 bits per heavy atom. The lowest BCUT2D eigenvalue weighted by molar-refractivity contribution is -0.121. The Morgan fingerprint density at radius 1 is 1.14 bits per heavy atom. The molecule has 0 bridgehead atoms. The highest BCUT2D eigenvalue weighted by Crippen LogP contribution is 2.32. The summed E-state index contributed by atoms with van der Waals surface area (Å²) in [5.74, 6) is -0.332. The molecule has 0 atom stereocenters. The van der Waals surface area contributed by atoms with E-state index in [4.69, 9.17) is 0 Å². The molecule has 2 rings (SSSR count). The first-order valence-electron chi connectivity index (χ1n) is 7.44. The fourth-order valence-corrected chi connectivity index (χ4v) is 4.54. The van der Waals surface area contributed by atoms with Crippen LogP contribution in [0.1, 0.15) is 24.0 Å². The third-order valence-corrected chi connectivity index (χ3v) is 6.41. The van der Waals surface area contributed by atoms with Crippen molar-refractivity contribution in [1.29, 1.82) is 0 Å². The van der Waals surface area contributed by atoms with Crippen molar-refractivity contribution < 1.29 is 13.2 Å². The molecule has 0 aliphatic carbocycles. The summed E-state index contributed by atoms with van der Waals surface area (Å²) in [6.45, 7) is 5.01. The van der Waals surface area contributed by atoms with Gasteiger partial charge in [0.05, 0.1) is 0 Å². The zero-order chi connectivity index (χ0) is 16.5. The summed E-state index contributed by atoms with van der Waals surface area (Å²) in [4.78, 5) is 14.5. The van der Waals surface area contributed by atoms with Gasteiger partial charge in [0.25, 0.3) is 0 Å². The van der Waals surface area contributed by atoms with Gasteiger partial charge in [-0.05, 0) is 63.0 Å². The Hall–Kier alpha value is -1.40. The van der Waals surface area contributed by atoms with Gasteiger partial charge in [0.2, 0.25) is 5.91 Å². The van der Waals surface area contributed by atoms with Crippen molar-refractivity contribution in [3.8, 4) is 0 Å². The summed E-state index contributed by atoms with van der Waals surface area (Å²) in [7, 11) is -1.83. The molecule has 22 heavy (non-hydrogen) atoms. The number of rotatable bonds is 3. The molecular formula is C16H24N2O3S. The number of benzene rings is 1. The number of hydrogen-bond donors (Lipinski definition) is 1. The summed E-state index contributed by atoms with van der Waals surface area (Å²) >= 11 is 0. The van der Waals surface area contributed by atoms with Gasteiger partial charge in [-0.15, -0.1) is 0 Å². The van der Waals surface area contributed by atoms with E-state index in [-0.39, 0.29) is 5.91 Å². The maximum atomic E-state index is 13.0. The van der Waals surface area contributed by atoms with Gasteiger partial charge in [0, 0.05) is 19.0 Å². The highest BCUT2D eigenvalue weighted by atomic mass is 32.2. The quantitative estimate of drug-likeness (QED) is 0.913. The van der Waals surface area contributed by atoms with Crippen LogP contribution >= 0.6 is 0 Å². The lowest BCUT2D eigenvalue weighted by atomic mass is 9.95. The first-order valence-corrected chi connectivity index (χ1v) is 9.33. The van der Waals surface area contributed by atoms with Crippen LogP contribution < -0.4 is 10.2 Å². The number of nitrogens with one attached hydrogen (secondary N) is 1. The third kappa shape index (κ3) is 3.03. The van der Waals surface area contributed by atoms with E-state index >= 15 is 0 Å². The van der Waals surface area contributed by atoms with Gasteiger partial charge in [-0.3, -0.25) is 4.79 Å². The largest absolute Gasteiger partial charge is 0.317 e. The van der Waals surface area contributed by atoms with Crippen LogP contribution in [0.4, 0.5) is 5.69 Å². The van der Waals surface area contributed by atoms with Crippen molar-refractivity contribution in [2.75, 3.05) is 31.3 Å². The summed E-state index contributed by atoms with van der Waals surface area (Å²) in [5, 5.41) is 3.13. The summed E-state index contributed by atoms with van der Waals surface area (Å²) in [6, 6.07) is 5.84. The van der Waals surface area contributed by atoms with E-state index in [0.717, 1.165) is 16.8 Å². The topological polar surface area (TPSA) is 66.5 Å². The SMILES string of the molecule is Cc1cc(C)cc(N(C)C(=O)C2(S(C)(=O)=O)CCNCC2)c1. The second-order valence-corrected chi connectivity index (χ2v) is 8.55. The minimum atomic E-state index is -3.49. The maximum Gasteiger partial charge on any atom is 0.248 e. The van der Waals surface area contributed by atoms with Crippen molar-refractivity contribution in [3.05, 3.63) is 29.3 Å². The molecule has 1 fully saturated rings. The molecular weight excluding hydrogens is 300 g/mol. The van der Waals surface area contributed by atoms with Crippen molar-refractivity contribution in [1.82, 2.24) is 5.32 Å². The molecule has 0 saturated carbocycles. The van der Waals surface area contributed by atoms with E-state index in [1.807, 2.05) is 32.0 Å². The Labute approximate surface area is 132 Å². The van der Waals surface area contributed by atoms with Crippen LogP contribution in [-0.2, 0) is 14.6 Å². The van der Waals surface area contributed by atoms with E-state index < -0.39 is 14.6 Å². The van der Waals surface area contributed by atoms with Gasteiger partial charge in [0.1, 0.15) is 0 Å². The van der Waals surface area contributed by atoms with Crippen LogP contribution in [0, 0.1) is 13.8 Å². The molecule has 0 unspecified atom stereocenters. The molecule has 1 aromatic rings. The normalized spacial score (nSPS) is 18.0. The molecule has 6 heteroatoms. The molecule has 1 saturated heterocycles. The van der Waals surface area contributed by atoms with Crippen LogP contribution in [0.5, 0.6) is 0 Å². The maximum absolute atomic E-state index is 13.0. The molecule has 0 spiro atoms. The van der Waals surface area contributed by atoms with Crippen LogP contribution in [0.3, 0.4) is 0 Å². The molecule has 122 valence electrons. The summed E-state index contributed by atoms with van der Waals surface area (Å²) < 4.78 is 23.4. The Bertz CT molecular complexity index is 656. The number of anilines is 1. The molecule has 1 aromatic carbocycles. The van der Waals surface area contributed by atoms with E-state index in [9.17, 15) is 13.2 Å². The van der Waals surface area contributed by atoms with Crippen LogP contribution in [0.15, 0.2) is 18.2 Å². The zero-order valence-electron chi connectivity index (χ0n) is 13.6. The summed E-state index contributed by atoms with van der Waals surface area (Å²) in [5.41, 5.74) is 2.84. The number of nitrogens with zero attached hydrogens (tertiary/aromatic N) is 1. The highest BCUT2D eigenvalue weighted by molar-refractivity contribution is 7.92. The van der Waals surface area contributed by atoms with E-state index in [2.05, 4.69) is 5.32 Å². The standard InChI is InChI=1S/C16H24N2O3S/c1-12-9-13(2)11-14(10-12)18(3)15(19)16(22(4,20)21)5-7-17-8-6-16/h9-11,17H,5-8H2,1-4H3. The van der Waals surface area contributed by atoms with Crippen LogP contribution in [0.25, 0.3) is 0 Å². The van der Waals surface area contributed by atoms with Crippen molar-refractivity contribution in [2.24, 2.45) is 0 Å².